The molecule has 1 unspecified atom stereocenters. The Hall–Kier alpha value is -1.63. The highest BCUT2D eigenvalue weighted by molar-refractivity contribution is 5.79. The predicted octanol–water partition coefficient (Wildman–Crippen LogP) is 2.68. The molecule has 0 spiro atoms. The number of hydrogen-bond donors (Lipinski definition) is 3. The van der Waals surface area contributed by atoms with Crippen LogP contribution in [0.1, 0.15) is 51.2 Å². The largest absolute Gasteiger partial charge is 0.396 e. The minimum Gasteiger partial charge on any atom is -0.396 e. The molecule has 0 radical (unpaired) electrons. The van der Waals surface area contributed by atoms with Gasteiger partial charge >= 0.3 is 0 Å². The lowest BCUT2D eigenvalue weighted by atomic mass is 10.0. The van der Waals surface area contributed by atoms with Gasteiger partial charge in [0.25, 0.3) is 0 Å². The van der Waals surface area contributed by atoms with Gasteiger partial charge in [0.15, 0.2) is 5.96 Å². The fourth-order valence-electron chi connectivity index (χ4n) is 3.96. The van der Waals surface area contributed by atoms with E-state index in [1.54, 1.807) is 0 Å². The monoisotopic (exact) mass is 417 g/mol. The summed E-state index contributed by atoms with van der Waals surface area (Å²) >= 11 is 0. The summed E-state index contributed by atoms with van der Waals surface area (Å²) < 4.78 is 0. The van der Waals surface area contributed by atoms with Crippen molar-refractivity contribution in [3.63, 3.8) is 0 Å². The van der Waals surface area contributed by atoms with Crippen molar-refractivity contribution in [1.82, 2.24) is 20.4 Å². The first-order chi connectivity index (χ1) is 14.7. The number of aliphatic imine (C=N–C) groups is 1. The number of likely N-dealkylation sites (N-methyl/N-ethyl adjacent to an activating group) is 1. The number of piperazine rings is 1. The lowest BCUT2D eigenvalue weighted by Gasteiger charge is -2.34. The third-order valence-corrected chi connectivity index (χ3v) is 5.90. The predicted molar refractivity (Wildman–Crippen MR) is 127 cm³/mol. The van der Waals surface area contributed by atoms with Gasteiger partial charge in [-0.3, -0.25) is 4.90 Å². The topological polar surface area (TPSA) is 63.1 Å². The number of nitrogens with zero attached hydrogens (tertiary/aromatic N) is 3. The molecule has 1 aromatic carbocycles. The van der Waals surface area contributed by atoms with Gasteiger partial charge in [-0.25, -0.2) is 4.99 Å². The summed E-state index contributed by atoms with van der Waals surface area (Å²) in [4.78, 5) is 9.82. The maximum absolute atomic E-state index is 9.25. The molecule has 2 rings (SSSR count). The van der Waals surface area contributed by atoms with E-state index in [-0.39, 0.29) is 6.61 Å². The first-order valence-electron chi connectivity index (χ1n) is 11.8. The zero-order valence-electron chi connectivity index (χ0n) is 19.4. The number of benzene rings is 1. The van der Waals surface area contributed by atoms with E-state index in [1.807, 2.05) is 0 Å². The molecule has 1 aliphatic rings. The van der Waals surface area contributed by atoms with Crippen LogP contribution in [0.4, 0.5) is 0 Å². The van der Waals surface area contributed by atoms with E-state index < -0.39 is 0 Å². The summed E-state index contributed by atoms with van der Waals surface area (Å²) in [6.07, 6.45) is 3.11. The highest BCUT2D eigenvalue weighted by atomic mass is 16.3. The first kappa shape index (κ1) is 24.6. The van der Waals surface area contributed by atoms with Gasteiger partial charge in [0.05, 0.1) is 6.54 Å². The van der Waals surface area contributed by atoms with Crippen LogP contribution < -0.4 is 10.6 Å². The number of aliphatic hydroxyl groups excluding tert-OH is 1. The van der Waals surface area contributed by atoms with E-state index >= 15 is 0 Å². The highest BCUT2D eigenvalue weighted by Gasteiger charge is 2.15. The zero-order chi connectivity index (χ0) is 21.6. The normalized spacial score (nSPS) is 17.1. The first-order valence-corrected chi connectivity index (χ1v) is 11.8. The molecule has 1 atom stereocenters. The van der Waals surface area contributed by atoms with Crippen LogP contribution in [-0.4, -0.2) is 73.3 Å². The van der Waals surface area contributed by atoms with Gasteiger partial charge in [0.1, 0.15) is 0 Å². The second-order valence-corrected chi connectivity index (χ2v) is 8.27. The molecule has 6 heteroatoms. The number of aliphatic hydroxyl groups is 1. The molecule has 1 aliphatic heterocycles. The zero-order valence-corrected chi connectivity index (χ0v) is 19.4. The van der Waals surface area contributed by atoms with Gasteiger partial charge < -0.3 is 20.6 Å². The molecule has 0 aliphatic carbocycles. The van der Waals surface area contributed by atoms with Crippen LogP contribution in [0.15, 0.2) is 29.3 Å². The fourth-order valence-corrected chi connectivity index (χ4v) is 3.96. The molecule has 0 aromatic heterocycles. The molecule has 6 nitrogen and oxygen atoms in total. The van der Waals surface area contributed by atoms with Crippen molar-refractivity contribution in [2.45, 2.75) is 53.1 Å². The molecule has 0 amide bonds. The minimum absolute atomic E-state index is 0.251. The van der Waals surface area contributed by atoms with Gasteiger partial charge in [-0.2, -0.15) is 0 Å². The van der Waals surface area contributed by atoms with Crippen LogP contribution >= 0.6 is 0 Å². The number of hydrogen-bond acceptors (Lipinski definition) is 4. The average molecular weight is 418 g/mol. The minimum atomic E-state index is 0.251. The van der Waals surface area contributed by atoms with Crippen molar-refractivity contribution < 1.29 is 5.11 Å². The van der Waals surface area contributed by atoms with Crippen molar-refractivity contribution in [1.29, 1.82) is 0 Å². The molecule has 3 N–H and O–H groups in total. The van der Waals surface area contributed by atoms with E-state index in [0.29, 0.717) is 12.5 Å². The number of nitrogens with one attached hydrogen (secondary N) is 2. The SMILES string of the molecule is CCCC(CCO)CNC(=NCc1ccc(CN2CCN(CC)CC2)cc1)NCC. The van der Waals surface area contributed by atoms with Crippen LogP contribution in [0.3, 0.4) is 0 Å². The second-order valence-electron chi connectivity index (χ2n) is 8.27. The summed E-state index contributed by atoms with van der Waals surface area (Å²) in [6, 6.07) is 8.90. The van der Waals surface area contributed by atoms with Crippen molar-refractivity contribution >= 4 is 5.96 Å². The third-order valence-electron chi connectivity index (χ3n) is 5.90. The fraction of sp³-hybridized carbons (Fsp3) is 0.708. The Bertz CT molecular complexity index is 590. The molecule has 1 fully saturated rings. The molecular weight excluding hydrogens is 374 g/mol. The lowest BCUT2D eigenvalue weighted by molar-refractivity contribution is 0.132. The van der Waals surface area contributed by atoms with Crippen LogP contribution in [0.25, 0.3) is 0 Å². The van der Waals surface area contributed by atoms with Crippen LogP contribution in [0.2, 0.25) is 0 Å². The molecule has 0 bridgehead atoms. The van der Waals surface area contributed by atoms with Gasteiger partial charge in [-0.1, -0.05) is 44.5 Å². The van der Waals surface area contributed by atoms with E-state index in [0.717, 1.165) is 64.5 Å². The smallest absolute Gasteiger partial charge is 0.191 e. The average Bonchev–Trinajstić information content (AvgIpc) is 2.77. The molecule has 170 valence electrons. The maximum atomic E-state index is 9.25. The standard InChI is InChI=1S/C24H43N5O/c1-4-7-21(12-17-30)18-26-24(25-5-2)27-19-22-8-10-23(11-9-22)20-29-15-13-28(6-3)14-16-29/h8-11,21,30H,4-7,12-20H2,1-3H3,(H2,25,26,27). The van der Waals surface area contributed by atoms with Crippen molar-refractivity contribution in [3.8, 4) is 0 Å². The van der Waals surface area contributed by atoms with Gasteiger partial charge in [0.2, 0.25) is 0 Å². The maximum Gasteiger partial charge on any atom is 0.191 e. The van der Waals surface area contributed by atoms with Crippen molar-refractivity contribution in [3.05, 3.63) is 35.4 Å². The van der Waals surface area contributed by atoms with E-state index in [4.69, 9.17) is 4.99 Å². The van der Waals surface area contributed by atoms with E-state index in [1.165, 1.54) is 24.2 Å². The van der Waals surface area contributed by atoms with Gasteiger partial charge in [-0.05, 0) is 43.4 Å². The quantitative estimate of drug-likeness (QED) is 0.361. The Morgan fingerprint density at radius 2 is 1.63 bits per heavy atom. The molecule has 30 heavy (non-hydrogen) atoms. The summed E-state index contributed by atoms with van der Waals surface area (Å²) in [5.74, 6) is 1.34. The molecular formula is C24H43N5O. The Labute approximate surface area is 183 Å². The summed E-state index contributed by atoms with van der Waals surface area (Å²) in [7, 11) is 0. The summed E-state index contributed by atoms with van der Waals surface area (Å²) in [6.45, 7) is 16.0. The number of rotatable bonds is 12. The van der Waals surface area contributed by atoms with Crippen LogP contribution in [-0.2, 0) is 13.1 Å². The Morgan fingerprint density at radius 3 is 2.23 bits per heavy atom. The van der Waals surface area contributed by atoms with Crippen molar-refractivity contribution in [2.75, 3.05) is 52.4 Å². The van der Waals surface area contributed by atoms with Gasteiger partial charge in [0, 0.05) is 52.4 Å². The molecule has 1 heterocycles. The lowest BCUT2D eigenvalue weighted by Crippen LogP contribution is -2.45. The second kappa shape index (κ2) is 14.4. The molecule has 1 saturated heterocycles. The summed E-state index contributed by atoms with van der Waals surface area (Å²) in [5, 5.41) is 16.0. The number of guanidine groups is 1. The molecule has 0 saturated carbocycles. The van der Waals surface area contributed by atoms with E-state index in [9.17, 15) is 5.11 Å². The van der Waals surface area contributed by atoms with Crippen LogP contribution in [0.5, 0.6) is 0 Å². The third kappa shape index (κ3) is 9.02. The summed E-state index contributed by atoms with van der Waals surface area (Å²) in [5.41, 5.74) is 2.61. The van der Waals surface area contributed by atoms with Crippen molar-refractivity contribution in [2.24, 2.45) is 10.9 Å². The van der Waals surface area contributed by atoms with Gasteiger partial charge in [-0.15, -0.1) is 0 Å². The van der Waals surface area contributed by atoms with Crippen LogP contribution in [0, 0.1) is 5.92 Å². The highest BCUT2D eigenvalue weighted by Crippen LogP contribution is 2.11. The Morgan fingerprint density at radius 1 is 0.967 bits per heavy atom. The van der Waals surface area contributed by atoms with E-state index in [2.05, 4.69) is 65.5 Å². The molecule has 1 aromatic rings. The Balaban J connectivity index is 1.83. The Kier molecular flexibility index (Phi) is 11.8.